The molecule has 1 rings (SSSR count). The predicted octanol–water partition coefficient (Wildman–Crippen LogP) is 3.57. The maximum atomic E-state index is 9.18. The largest absolute Gasteiger partial charge is 0.290 e. The molecule has 0 saturated heterocycles. The Bertz CT molecular complexity index is 347. The van der Waals surface area contributed by atoms with Crippen molar-refractivity contribution in [2.45, 2.75) is 26.4 Å². The van der Waals surface area contributed by atoms with Gasteiger partial charge in [0.25, 0.3) is 0 Å². The standard InChI is InChI=1S/C11H15Cl2NO2/c1-3-14(15)16-8(2)6-9-4-5-10(12)7-11(9)13/h4-5,7-8,15H,3,6H2,1-2H3. The maximum Gasteiger partial charge on any atom is 0.0832 e. The number of halogens is 2. The molecule has 0 amide bonds. The van der Waals surface area contributed by atoms with Crippen molar-refractivity contribution in [1.82, 2.24) is 5.23 Å². The van der Waals surface area contributed by atoms with E-state index in [9.17, 15) is 5.21 Å². The summed E-state index contributed by atoms with van der Waals surface area (Å²) in [4.78, 5) is 5.19. The molecule has 5 heteroatoms. The molecule has 0 heterocycles. The van der Waals surface area contributed by atoms with Crippen LogP contribution in [0.15, 0.2) is 18.2 Å². The van der Waals surface area contributed by atoms with Crippen LogP contribution >= 0.6 is 23.2 Å². The second-order valence-corrected chi connectivity index (χ2v) is 4.37. The average molecular weight is 264 g/mol. The quantitative estimate of drug-likeness (QED) is 0.825. The van der Waals surface area contributed by atoms with Crippen molar-refractivity contribution in [2.75, 3.05) is 6.54 Å². The molecule has 0 aliphatic heterocycles. The SMILES string of the molecule is CCN(O)OC(C)Cc1ccc(Cl)cc1Cl. The van der Waals surface area contributed by atoms with E-state index in [0.29, 0.717) is 23.0 Å². The van der Waals surface area contributed by atoms with Gasteiger partial charge in [-0.05, 0) is 31.5 Å². The van der Waals surface area contributed by atoms with Gasteiger partial charge in [0.05, 0.1) is 6.10 Å². The Morgan fingerprint density at radius 1 is 1.44 bits per heavy atom. The highest BCUT2D eigenvalue weighted by molar-refractivity contribution is 6.35. The summed E-state index contributed by atoms with van der Waals surface area (Å²) >= 11 is 11.8. The molecule has 0 bridgehead atoms. The van der Waals surface area contributed by atoms with Crippen molar-refractivity contribution >= 4 is 23.2 Å². The summed E-state index contributed by atoms with van der Waals surface area (Å²) in [5.41, 5.74) is 0.947. The first kappa shape index (κ1) is 13.7. The lowest BCUT2D eigenvalue weighted by Crippen LogP contribution is -2.26. The first-order chi connectivity index (χ1) is 7.52. The molecule has 0 aromatic heterocycles. The monoisotopic (exact) mass is 263 g/mol. The summed E-state index contributed by atoms with van der Waals surface area (Å²) in [5.74, 6) is 0. The molecule has 90 valence electrons. The lowest BCUT2D eigenvalue weighted by atomic mass is 10.1. The van der Waals surface area contributed by atoms with Crippen LogP contribution in [0.4, 0.5) is 0 Å². The zero-order chi connectivity index (χ0) is 12.1. The van der Waals surface area contributed by atoms with E-state index < -0.39 is 0 Å². The molecule has 16 heavy (non-hydrogen) atoms. The van der Waals surface area contributed by atoms with Crippen LogP contribution in [0.3, 0.4) is 0 Å². The van der Waals surface area contributed by atoms with Gasteiger partial charge in [-0.1, -0.05) is 34.5 Å². The molecule has 1 aromatic carbocycles. The summed E-state index contributed by atoms with van der Waals surface area (Å²) in [7, 11) is 0. The zero-order valence-corrected chi connectivity index (χ0v) is 10.8. The van der Waals surface area contributed by atoms with Crippen LogP contribution < -0.4 is 0 Å². The van der Waals surface area contributed by atoms with Gasteiger partial charge >= 0.3 is 0 Å². The van der Waals surface area contributed by atoms with E-state index >= 15 is 0 Å². The van der Waals surface area contributed by atoms with Gasteiger partial charge in [-0.2, -0.15) is 0 Å². The fourth-order valence-electron chi connectivity index (χ4n) is 1.32. The van der Waals surface area contributed by atoms with Gasteiger partial charge in [-0.15, -0.1) is 0 Å². The van der Waals surface area contributed by atoms with E-state index in [2.05, 4.69) is 0 Å². The highest BCUT2D eigenvalue weighted by atomic mass is 35.5. The number of hydrogen-bond acceptors (Lipinski definition) is 3. The molecule has 0 fully saturated rings. The molecule has 0 spiro atoms. The third-order valence-electron chi connectivity index (χ3n) is 2.09. The number of hydroxylamine groups is 2. The van der Waals surface area contributed by atoms with Gasteiger partial charge in [-0.3, -0.25) is 10.0 Å². The van der Waals surface area contributed by atoms with Gasteiger partial charge in [0.1, 0.15) is 0 Å². The van der Waals surface area contributed by atoms with Gasteiger partial charge in [0, 0.05) is 23.0 Å². The zero-order valence-electron chi connectivity index (χ0n) is 9.28. The van der Waals surface area contributed by atoms with Crippen LogP contribution in [0.1, 0.15) is 19.4 Å². The van der Waals surface area contributed by atoms with Gasteiger partial charge in [0.15, 0.2) is 0 Å². The first-order valence-corrected chi connectivity index (χ1v) is 5.85. The fraction of sp³-hybridized carbons (Fsp3) is 0.455. The van der Waals surface area contributed by atoms with Crippen LogP contribution in [0, 0.1) is 0 Å². The summed E-state index contributed by atoms with van der Waals surface area (Å²) in [5, 5.41) is 11.2. The second kappa shape index (κ2) is 6.42. The molecule has 3 nitrogen and oxygen atoms in total. The summed E-state index contributed by atoms with van der Waals surface area (Å²) < 4.78 is 0. The Balaban J connectivity index is 2.59. The van der Waals surface area contributed by atoms with E-state index in [1.54, 1.807) is 19.1 Å². The van der Waals surface area contributed by atoms with Crippen LogP contribution in [0.25, 0.3) is 0 Å². The third-order valence-corrected chi connectivity index (χ3v) is 2.68. The number of rotatable bonds is 5. The molecule has 1 N–H and O–H groups in total. The summed E-state index contributed by atoms with van der Waals surface area (Å²) in [6.45, 7) is 4.07. The molecule has 0 aliphatic carbocycles. The maximum absolute atomic E-state index is 9.18. The van der Waals surface area contributed by atoms with Crippen molar-refractivity contribution in [2.24, 2.45) is 0 Å². The molecule has 0 radical (unpaired) electrons. The van der Waals surface area contributed by atoms with Crippen molar-refractivity contribution < 1.29 is 10.0 Å². The van der Waals surface area contributed by atoms with E-state index in [-0.39, 0.29) is 6.10 Å². The molecule has 1 aromatic rings. The Labute approximate surface area is 105 Å². The lowest BCUT2D eigenvalue weighted by Gasteiger charge is -2.18. The predicted molar refractivity (Wildman–Crippen MR) is 64.9 cm³/mol. The molecule has 1 atom stereocenters. The van der Waals surface area contributed by atoms with Gasteiger partial charge in [-0.25, -0.2) is 0 Å². The van der Waals surface area contributed by atoms with E-state index in [0.717, 1.165) is 10.8 Å². The topological polar surface area (TPSA) is 32.7 Å². The minimum atomic E-state index is -0.149. The molecule has 1 unspecified atom stereocenters. The Kier molecular flexibility index (Phi) is 5.52. The van der Waals surface area contributed by atoms with E-state index in [4.69, 9.17) is 28.0 Å². The summed E-state index contributed by atoms with van der Waals surface area (Å²) in [6.07, 6.45) is 0.469. The smallest absolute Gasteiger partial charge is 0.0832 e. The Morgan fingerprint density at radius 2 is 2.12 bits per heavy atom. The molecule has 0 aliphatic rings. The van der Waals surface area contributed by atoms with Crippen molar-refractivity contribution in [3.05, 3.63) is 33.8 Å². The van der Waals surface area contributed by atoms with Gasteiger partial charge in [0.2, 0.25) is 0 Å². The number of benzene rings is 1. The van der Waals surface area contributed by atoms with Crippen LogP contribution in [-0.2, 0) is 11.3 Å². The van der Waals surface area contributed by atoms with Crippen molar-refractivity contribution in [1.29, 1.82) is 0 Å². The number of hydrogen-bond donors (Lipinski definition) is 1. The van der Waals surface area contributed by atoms with Crippen LogP contribution in [0.5, 0.6) is 0 Å². The van der Waals surface area contributed by atoms with Gasteiger partial charge < -0.3 is 0 Å². The molecular formula is C11H15Cl2NO2. The normalized spacial score (nSPS) is 13.1. The first-order valence-electron chi connectivity index (χ1n) is 5.10. The van der Waals surface area contributed by atoms with E-state index in [1.807, 2.05) is 13.0 Å². The third kappa shape index (κ3) is 4.28. The van der Waals surface area contributed by atoms with Crippen LogP contribution in [0.2, 0.25) is 10.0 Å². The summed E-state index contributed by atoms with van der Waals surface area (Å²) in [6, 6.07) is 5.34. The fourth-order valence-corrected chi connectivity index (χ4v) is 1.80. The minimum Gasteiger partial charge on any atom is -0.290 e. The van der Waals surface area contributed by atoms with Crippen LogP contribution in [-0.4, -0.2) is 23.1 Å². The average Bonchev–Trinajstić information content (AvgIpc) is 2.22. The second-order valence-electron chi connectivity index (χ2n) is 3.52. The molecule has 0 saturated carbocycles. The number of nitrogens with zero attached hydrogens (tertiary/aromatic N) is 1. The lowest BCUT2D eigenvalue weighted by molar-refractivity contribution is -0.355. The Hall–Kier alpha value is -0.320. The van der Waals surface area contributed by atoms with E-state index in [1.165, 1.54) is 0 Å². The molecular weight excluding hydrogens is 249 g/mol. The van der Waals surface area contributed by atoms with Crippen molar-refractivity contribution in [3.63, 3.8) is 0 Å². The Morgan fingerprint density at radius 3 is 2.69 bits per heavy atom. The minimum absolute atomic E-state index is 0.149. The highest BCUT2D eigenvalue weighted by Gasteiger charge is 2.10. The van der Waals surface area contributed by atoms with Crippen molar-refractivity contribution in [3.8, 4) is 0 Å². The highest BCUT2D eigenvalue weighted by Crippen LogP contribution is 2.22.